The molecule has 2 aromatic heterocycles. The van der Waals surface area contributed by atoms with Crippen molar-refractivity contribution in [2.75, 3.05) is 6.61 Å². The molecule has 0 fully saturated rings. The summed E-state index contributed by atoms with van der Waals surface area (Å²) in [5.41, 5.74) is 3.06. The van der Waals surface area contributed by atoms with Gasteiger partial charge in [-0.05, 0) is 45.4 Å². The summed E-state index contributed by atoms with van der Waals surface area (Å²) in [6, 6.07) is 6.48. The van der Waals surface area contributed by atoms with Crippen LogP contribution < -0.4 is 4.74 Å². The molecule has 0 radical (unpaired) electrons. The maximum Gasteiger partial charge on any atom is 0.178 e. The minimum Gasteiger partial charge on any atom is -0.491 e. The Labute approximate surface area is 141 Å². The second kappa shape index (κ2) is 5.47. The Balaban J connectivity index is 1.87. The highest BCUT2D eigenvalue weighted by Crippen LogP contribution is 2.34. The Morgan fingerprint density at radius 1 is 1.12 bits per heavy atom. The van der Waals surface area contributed by atoms with Gasteiger partial charge in [0.1, 0.15) is 29.7 Å². The highest BCUT2D eigenvalue weighted by molar-refractivity contribution is 5.68. The molecule has 0 spiro atoms. The maximum atomic E-state index is 5.89. The number of ether oxygens (including phenoxy) is 1. The fraction of sp³-hybridized carbons (Fsp3) is 0.389. The predicted molar refractivity (Wildman–Crippen MR) is 92.0 cm³/mol. The lowest BCUT2D eigenvalue weighted by atomic mass is 10.1. The number of fused-ring (bicyclic) bond motifs is 3. The number of rotatable bonds is 2. The van der Waals surface area contributed by atoms with Crippen LogP contribution >= 0.6 is 0 Å². The van der Waals surface area contributed by atoms with E-state index in [1.54, 1.807) is 0 Å². The van der Waals surface area contributed by atoms with E-state index >= 15 is 0 Å². The Kier molecular flexibility index (Phi) is 3.40. The van der Waals surface area contributed by atoms with E-state index in [1.165, 1.54) is 5.56 Å². The summed E-state index contributed by atoms with van der Waals surface area (Å²) in [6.07, 6.45) is 2.05. The van der Waals surface area contributed by atoms with Crippen molar-refractivity contribution in [1.82, 2.24) is 24.3 Å². The molecule has 24 heavy (non-hydrogen) atoms. The van der Waals surface area contributed by atoms with Crippen LogP contribution in [0.5, 0.6) is 5.75 Å². The number of benzene rings is 1. The summed E-state index contributed by atoms with van der Waals surface area (Å²) < 4.78 is 9.97. The molecule has 0 aliphatic carbocycles. The van der Waals surface area contributed by atoms with Crippen LogP contribution in [0.1, 0.15) is 31.3 Å². The Bertz CT molecular complexity index is 906. The van der Waals surface area contributed by atoms with Crippen LogP contribution in [0.15, 0.2) is 24.4 Å². The first-order valence-corrected chi connectivity index (χ1v) is 8.27. The molecule has 0 N–H and O–H groups in total. The Morgan fingerprint density at radius 2 is 1.96 bits per heavy atom. The van der Waals surface area contributed by atoms with Crippen LogP contribution in [0, 0.1) is 13.8 Å². The zero-order chi connectivity index (χ0) is 16.8. The van der Waals surface area contributed by atoms with Crippen molar-refractivity contribution >= 4 is 0 Å². The molecule has 0 saturated heterocycles. The summed E-state index contributed by atoms with van der Waals surface area (Å²) in [5.74, 6) is 3.40. The number of hydrogen-bond donors (Lipinski definition) is 0. The highest BCUT2D eigenvalue weighted by Gasteiger charge is 2.22. The van der Waals surface area contributed by atoms with Crippen molar-refractivity contribution in [3.8, 4) is 28.7 Å². The van der Waals surface area contributed by atoms with Crippen LogP contribution in [0.3, 0.4) is 0 Å². The van der Waals surface area contributed by atoms with Gasteiger partial charge in [0.25, 0.3) is 0 Å². The molecule has 3 aromatic rings. The largest absolute Gasteiger partial charge is 0.491 e. The Hall–Kier alpha value is -2.63. The lowest BCUT2D eigenvalue weighted by molar-refractivity contribution is 0.306. The van der Waals surface area contributed by atoms with Crippen molar-refractivity contribution in [2.24, 2.45) is 0 Å². The molecule has 6 nitrogen and oxygen atoms in total. The normalized spacial score (nSPS) is 13.4. The minimum atomic E-state index is 0.237. The van der Waals surface area contributed by atoms with Crippen molar-refractivity contribution in [2.45, 2.75) is 40.3 Å². The lowest BCUT2D eigenvalue weighted by Gasteiger charge is -2.08. The van der Waals surface area contributed by atoms with Crippen LogP contribution in [0.4, 0.5) is 0 Å². The molecule has 0 amide bonds. The summed E-state index contributed by atoms with van der Waals surface area (Å²) in [6.45, 7) is 9.59. The smallest absolute Gasteiger partial charge is 0.178 e. The van der Waals surface area contributed by atoms with Gasteiger partial charge in [-0.2, -0.15) is 5.10 Å². The quantitative estimate of drug-likeness (QED) is 0.725. The van der Waals surface area contributed by atoms with E-state index < -0.39 is 0 Å². The number of imidazole rings is 1. The van der Waals surface area contributed by atoms with Gasteiger partial charge in [-0.15, -0.1) is 0 Å². The third-order valence-corrected chi connectivity index (χ3v) is 4.20. The molecule has 6 heteroatoms. The zero-order valence-corrected chi connectivity index (χ0v) is 14.4. The van der Waals surface area contributed by atoms with Gasteiger partial charge >= 0.3 is 0 Å². The number of hydrogen-bond acceptors (Lipinski definition) is 4. The van der Waals surface area contributed by atoms with Gasteiger partial charge in [0, 0.05) is 12.2 Å². The number of nitrogens with zero attached hydrogens (tertiary/aromatic N) is 5. The van der Waals surface area contributed by atoms with E-state index in [2.05, 4.69) is 59.8 Å². The van der Waals surface area contributed by atoms with Crippen LogP contribution in [-0.4, -0.2) is 30.9 Å². The molecule has 0 unspecified atom stereocenters. The molecular weight excluding hydrogens is 302 g/mol. The molecule has 4 rings (SSSR count). The third kappa shape index (κ3) is 2.38. The first-order chi connectivity index (χ1) is 11.5. The lowest BCUT2D eigenvalue weighted by Crippen LogP contribution is -2.06. The molecule has 3 heterocycles. The molecule has 0 atom stereocenters. The van der Waals surface area contributed by atoms with Gasteiger partial charge in [-0.25, -0.2) is 14.6 Å². The molecule has 1 aromatic carbocycles. The van der Waals surface area contributed by atoms with Crippen molar-refractivity contribution < 1.29 is 4.74 Å². The standard InChI is InChI=1S/C18H21N5O/c1-11(2)23-18(19-13(4)21-23)15-10-22-7-8-24-16-9-12(3)5-6-14(16)17(22)20-15/h5-6,9-11H,7-8H2,1-4H3. The van der Waals surface area contributed by atoms with E-state index in [-0.39, 0.29) is 6.04 Å². The van der Waals surface area contributed by atoms with E-state index in [0.29, 0.717) is 6.61 Å². The molecule has 1 aliphatic heterocycles. The monoisotopic (exact) mass is 323 g/mol. The average Bonchev–Trinajstić information content (AvgIpc) is 3.07. The summed E-state index contributed by atoms with van der Waals surface area (Å²) in [7, 11) is 0. The summed E-state index contributed by atoms with van der Waals surface area (Å²) in [4.78, 5) is 9.45. The average molecular weight is 323 g/mol. The van der Waals surface area contributed by atoms with Gasteiger partial charge in [-0.3, -0.25) is 0 Å². The highest BCUT2D eigenvalue weighted by atomic mass is 16.5. The fourth-order valence-electron chi connectivity index (χ4n) is 3.06. The van der Waals surface area contributed by atoms with Gasteiger partial charge < -0.3 is 9.30 Å². The fourth-order valence-corrected chi connectivity index (χ4v) is 3.06. The van der Waals surface area contributed by atoms with Crippen molar-refractivity contribution in [3.05, 3.63) is 35.8 Å². The Morgan fingerprint density at radius 3 is 2.75 bits per heavy atom. The van der Waals surface area contributed by atoms with Gasteiger partial charge in [0.15, 0.2) is 5.82 Å². The van der Waals surface area contributed by atoms with Crippen LogP contribution in [0.25, 0.3) is 22.9 Å². The summed E-state index contributed by atoms with van der Waals surface area (Å²) >= 11 is 0. The molecule has 124 valence electrons. The number of aryl methyl sites for hydroxylation is 2. The summed E-state index contributed by atoms with van der Waals surface area (Å²) in [5, 5.41) is 4.50. The minimum absolute atomic E-state index is 0.237. The van der Waals surface area contributed by atoms with Crippen molar-refractivity contribution in [1.29, 1.82) is 0 Å². The van der Waals surface area contributed by atoms with Gasteiger partial charge in [-0.1, -0.05) is 6.07 Å². The van der Waals surface area contributed by atoms with E-state index in [4.69, 9.17) is 9.72 Å². The van der Waals surface area contributed by atoms with E-state index in [1.807, 2.05) is 11.6 Å². The maximum absolute atomic E-state index is 5.89. The zero-order valence-electron chi connectivity index (χ0n) is 14.4. The second-order valence-electron chi connectivity index (χ2n) is 6.51. The first kappa shape index (κ1) is 14.9. The SMILES string of the molecule is Cc1ccc2c(c1)OCCn1cc(-c3nc(C)nn3C(C)C)nc1-2. The van der Waals surface area contributed by atoms with Gasteiger partial charge in [0.05, 0.1) is 12.1 Å². The van der Waals surface area contributed by atoms with E-state index in [0.717, 1.165) is 41.0 Å². The van der Waals surface area contributed by atoms with E-state index in [9.17, 15) is 0 Å². The van der Waals surface area contributed by atoms with Crippen LogP contribution in [-0.2, 0) is 6.54 Å². The second-order valence-corrected chi connectivity index (χ2v) is 6.51. The predicted octanol–water partition coefficient (Wildman–Crippen LogP) is 3.40. The molecule has 1 aliphatic rings. The third-order valence-electron chi connectivity index (χ3n) is 4.20. The molecular formula is C18H21N5O. The van der Waals surface area contributed by atoms with Gasteiger partial charge in [0.2, 0.25) is 0 Å². The molecule has 0 bridgehead atoms. The van der Waals surface area contributed by atoms with Crippen LogP contribution in [0.2, 0.25) is 0 Å². The first-order valence-electron chi connectivity index (χ1n) is 8.27. The number of aromatic nitrogens is 5. The van der Waals surface area contributed by atoms with Crippen molar-refractivity contribution in [3.63, 3.8) is 0 Å². The topological polar surface area (TPSA) is 57.8 Å². The molecule has 0 saturated carbocycles.